The van der Waals surface area contributed by atoms with Gasteiger partial charge in [-0.25, -0.2) is 17.9 Å². The van der Waals surface area contributed by atoms with Gasteiger partial charge in [0, 0.05) is 5.54 Å². The van der Waals surface area contributed by atoms with Gasteiger partial charge >= 0.3 is 5.97 Å². The molecule has 1 aromatic rings. The zero-order chi connectivity index (χ0) is 14.7. The first-order valence-electron chi connectivity index (χ1n) is 6.12. The fourth-order valence-corrected chi connectivity index (χ4v) is 3.64. The Balaban J connectivity index is 3.18. The Morgan fingerprint density at radius 3 is 2.32 bits per heavy atom. The Kier molecular flexibility index (Phi) is 4.70. The standard InChI is InChI=1S/C11H19N3O4S/c1-4-11(5-2,6-3)14-19(17,18)9-8(10(15)16)7-12-13-9/h7,14H,4-6H2,1-3H3,(H,12,13)(H,15,16). The number of carboxylic acid groups (broad SMARTS) is 1. The topological polar surface area (TPSA) is 112 Å². The quantitative estimate of drug-likeness (QED) is 0.701. The summed E-state index contributed by atoms with van der Waals surface area (Å²) in [4.78, 5) is 11.0. The van der Waals surface area contributed by atoms with Crippen molar-refractivity contribution >= 4 is 16.0 Å². The number of hydrogen-bond donors (Lipinski definition) is 3. The van der Waals surface area contributed by atoms with Crippen molar-refractivity contribution in [2.24, 2.45) is 0 Å². The van der Waals surface area contributed by atoms with E-state index in [-0.39, 0.29) is 5.56 Å². The van der Waals surface area contributed by atoms with E-state index in [4.69, 9.17) is 5.11 Å². The van der Waals surface area contributed by atoms with E-state index in [0.29, 0.717) is 19.3 Å². The van der Waals surface area contributed by atoms with Crippen molar-refractivity contribution in [3.8, 4) is 0 Å². The smallest absolute Gasteiger partial charge is 0.340 e. The molecule has 0 aliphatic heterocycles. The monoisotopic (exact) mass is 289 g/mol. The lowest BCUT2D eigenvalue weighted by atomic mass is 9.91. The van der Waals surface area contributed by atoms with Crippen LogP contribution in [0.3, 0.4) is 0 Å². The zero-order valence-corrected chi connectivity index (χ0v) is 12.0. The molecule has 1 aromatic heterocycles. The van der Waals surface area contributed by atoms with Gasteiger partial charge in [-0.3, -0.25) is 5.10 Å². The van der Waals surface area contributed by atoms with Gasteiger partial charge in [-0.15, -0.1) is 0 Å². The summed E-state index contributed by atoms with van der Waals surface area (Å²) in [7, 11) is -3.94. The van der Waals surface area contributed by atoms with Crippen LogP contribution in [0.4, 0.5) is 0 Å². The van der Waals surface area contributed by atoms with Crippen molar-refractivity contribution in [2.45, 2.75) is 50.6 Å². The first kappa shape index (κ1) is 15.6. The van der Waals surface area contributed by atoms with E-state index in [1.165, 1.54) is 0 Å². The van der Waals surface area contributed by atoms with Gasteiger partial charge in [-0.05, 0) is 19.3 Å². The van der Waals surface area contributed by atoms with E-state index >= 15 is 0 Å². The summed E-state index contributed by atoms with van der Waals surface area (Å²) < 4.78 is 27.1. The van der Waals surface area contributed by atoms with Crippen LogP contribution in [0.2, 0.25) is 0 Å². The summed E-state index contributed by atoms with van der Waals surface area (Å²) in [5, 5.41) is 14.3. The molecule has 0 unspecified atom stereocenters. The molecular formula is C11H19N3O4S. The number of sulfonamides is 1. The van der Waals surface area contributed by atoms with Gasteiger partial charge in [0.05, 0.1) is 6.20 Å². The predicted molar refractivity (Wildman–Crippen MR) is 69.5 cm³/mol. The van der Waals surface area contributed by atoms with E-state index in [2.05, 4.69) is 14.9 Å². The summed E-state index contributed by atoms with van der Waals surface area (Å²) in [6, 6.07) is 0. The molecule has 0 aromatic carbocycles. The third kappa shape index (κ3) is 3.13. The summed E-state index contributed by atoms with van der Waals surface area (Å²) in [5.41, 5.74) is -0.926. The molecule has 0 bridgehead atoms. The lowest BCUT2D eigenvalue weighted by Crippen LogP contribution is -2.47. The molecular weight excluding hydrogens is 270 g/mol. The van der Waals surface area contributed by atoms with E-state index in [1.54, 1.807) is 0 Å². The molecule has 0 saturated heterocycles. The molecule has 0 aliphatic rings. The highest BCUT2D eigenvalue weighted by Crippen LogP contribution is 2.23. The molecule has 8 heteroatoms. The Morgan fingerprint density at radius 2 is 1.89 bits per heavy atom. The summed E-state index contributed by atoms with van der Waals surface area (Å²) in [6.45, 7) is 5.67. The van der Waals surface area contributed by atoms with Gasteiger partial charge in [0.25, 0.3) is 10.0 Å². The van der Waals surface area contributed by atoms with Gasteiger partial charge in [0.2, 0.25) is 0 Å². The molecule has 0 aliphatic carbocycles. The molecule has 0 atom stereocenters. The van der Waals surface area contributed by atoms with Crippen LogP contribution in [0.1, 0.15) is 50.4 Å². The maximum absolute atomic E-state index is 12.3. The summed E-state index contributed by atoms with van der Waals surface area (Å²) in [6.07, 6.45) is 2.85. The van der Waals surface area contributed by atoms with Crippen LogP contribution in [-0.2, 0) is 10.0 Å². The highest BCUT2D eigenvalue weighted by Gasteiger charge is 2.33. The largest absolute Gasteiger partial charge is 0.478 e. The molecule has 0 spiro atoms. The van der Waals surface area contributed by atoms with Crippen LogP contribution in [-0.4, -0.2) is 35.2 Å². The Labute approximate surface area is 112 Å². The fourth-order valence-electron chi connectivity index (χ4n) is 1.93. The first-order valence-corrected chi connectivity index (χ1v) is 7.60. The molecule has 0 radical (unpaired) electrons. The molecule has 1 rings (SSSR count). The average Bonchev–Trinajstić information content (AvgIpc) is 2.86. The lowest BCUT2D eigenvalue weighted by molar-refractivity contribution is 0.0692. The van der Waals surface area contributed by atoms with E-state index in [1.807, 2.05) is 20.8 Å². The number of carbonyl (C=O) groups is 1. The predicted octanol–water partition coefficient (Wildman–Crippen LogP) is 1.35. The second-order valence-electron chi connectivity index (χ2n) is 4.36. The Bertz CT molecular complexity index is 538. The highest BCUT2D eigenvalue weighted by atomic mass is 32.2. The fraction of sp³-hybridized carbons (Fsp3) is 0.636. The van der Waals surface area contributed by atoms with Crippen molar-refractivity contribution in [2.75, 3.05) is 0 Å². The van der Waals surface area contributed by atoms with Crippen LogP contribution in [0, 0.1) is 0 Å². The van der Waals surface area contributed by atoms with Gasteiger partial charge in [-0.2, -0.15) is 5.10 Å². The van der Waals surface area contributed by atoms with Gasteiger partial charge in [0.15, 0.2) is 5.03 Å². The minimum absolute atomic E-state index is 0.357. The van der Waals surface area contributed by atoms with Gasteiger partial charge < -0.3 is 5.11 Å². The van der Waals surface area contributed by atoms with Gasteiger partial charge in [0.1, 0.15) is 5.56 Å². The molecule has 0 fully saturated rings. The number of nitrogens with zero attached hydrogens (tertiary/aromatic N) is 1. The average molecular weight is 289 g/mol. The number of aromatic amines is 1. The third-order valence-electron chi connectivity index (χ3n) is 3.48. The van der Waals surface area contributed by atoms with E-state index in [9.17, 15) is 13.2 Å². The van der Waals surface area contributed by atoms with Crippen molar-refractivity contribution in [3.05, 3.63) is 11.8 Å². The van der Waals surface area contributed by atoms with E-state index < -0.39 is 26.6 Å². The number of nitrogens with one attached hydrogen (secondary N) is 2. The maximum Gasteiger partial charge on any atom is 0.340 e. The van der Waals surface area contributed by atoms with Crippen LogP contribution in [0.15, 0.2) is 11.2 Å². The highest BCUT2D eigenvalue weighted by molar-refractivity contribution is 7.89. The van der Waals surface area contributed by atoms with Crippen molar-refractivity contribution < 1.29 is 18.3 Å². The number of carboxylic acids is 1. The molecule has 0 amide bonds. The number of H-pyrrole nitrogens is 1. The maximum atomic E-state index is 12.3. The zero-order valence-electron chi connectivity index (χ0n) is 11.2. The van der Waals surface area contributed by atoms with Crippen LogP contribution in [0.25, 0.3) is 0 Å². The van der Waals surface area contributed by atoms with Gasteiger partial charge in [-0.1, -0.05) is 20.8 Å². The summed E-state index contributed by atoms with van der Waals surface area (Å²) >= 11 is 0. The van der Waals surface area contributed by atoms with Crippen molar-refractivity contribution in [3.63, 3.8) is 0 Å². The normalized spacial score (nSPS) is 12.6. The minimum atomic E-state index is -3.94. The molecule has 1 heterocycles. The van der Waals surface area contributed by atoms with Crippen LogP contribution < -0.4 is 4.72 Å². The van der Waals surface area contributed by atoms with Crippen LogP contribution >= 0.6 is 0 Å². The second-order valence-corrected chi connectivity index (χ2v) is 5.98. The number of hydrogen-bond acceptors (Lipinski definition) is 4. The SMILES string of the molecule is CCC(CC)(CC)NS(=O)(=O)c1[nH]ncc1C(=O)O. The van der Waals surface area contributed by atoms with Crippen molar-refractivity contribution in [1.29, 1.82) is 0 Å². The molecule has 108 valence electrons. The molecule has 19 heavy (non-hydrogen) atoms. The van der Waals surface area contributed by atoms with Crippen molar-refractivity contribution in [1.82, 2.24) is 14.9 Å². The molecule has 3 N–H and O–H groups in total. The van der Waals surface area contributed by atoms with Crippen LogP contribution in [0.5, 0.6) is 0 Å². The summed E-state index contributed by atoms with van der Waals surface area (Å²) in [5.74, 6) is -1.33. The molecule has 0 saturated carbocycles. The first-order chi connectivity index (χ1) is 8.82. The number of aromatic nitrogens is 2. The third-order valence-corrected chi connectivity index (χ3v) is 5.04. The Hall–Kier alpha value is -1.41. The van der Waals surface area contributed by atoms with E-state index in [0.717, 1.165) is 6.20 Å². The number of aromatic carboxylic acids is 1. The lowest BCUT2D eigenvalue weighted by Gasteiger charge is -2.31. The second kappa shape index (κ2) is 5.70. The number of rotatable bonds is 7. The Morgan fingerprint density at radius 1 is 1.37 bits per heavy atom. The molecule has 7 nitrogen and oxygen atoms in total. The minimum Gasteiger partial charge on any atom is -0.478 e.